The number of hydrogen-bond donors (Lipinski definition) is 2. The van der Waals surface area contributed by atoms with Gasteiger partial charge in [-0.15, -0.1) is 0 Å². The molecule has 0 bridgehead atoms. The molecule has 8 heteroatoms. The van der Waals surface area contributed by atoms with Crippen molar-refractivity contribution in [2.24, 2.45) is 5.10 Å². The average molecular weight is 532 g/mol. The molecular formula is C23H18FIN2O4. The molecule has 3 aromatic carbocycles. The number of carbonyl (C=O) groups excluding carboxylic acids is 1. The van der Waals surface area contributed by atoms with Crippen LogP contribution >= 0.6 is 22.6 Å². The highest BCUT2D eigenvalue weighted by Gasteiger charge is 2.06. The van der Waals surface area contributed by atoms with Crippen LogP contribution in [0.3, 0.4) is 0 Å². The maximum Gasteiger partial charge on any atom is 0.335 e. The highest BCUT2D eigenvalue weighted by molar-refractivity contribution is 14.1. The minimum absolute atomic E-state index is 0.107. The van der Waals surface area contributed by atoms with Crippen LogP contribution in [-0.4, -0.2) is 23.2 Å². The smallest absolute Gasteiger partial charge is 0.335 e. The fourth-order valence-electron chi connectivity index (χ4n) is 2.63. The Morgan fingerprint density at radius 2 is 1.71 bits per heavy atom. The molecule has 6 nitrogen and oxygen atoms in total. The van der Waals surface area contributed by atoms with Gasteiger partial charge in [0, 0.05) is 0 Å². The summed E-state index contributed by atoms with van der Waals surface area (Å²) < 4.78 is 19.6. The van der Waals surface area contributed by atoms with E-state index in [1.807, 2.05) is 6.07 Å². The van der Waals surface area contributed by atoms with Crippen molar-refractivity contribution in [2.45, 2.75) is 13.0 Å². The number of nitrogens with zero attached hydrogens (tertiary/aromatic N) is 1. The number of rotatable bonds is 8. The zero-order chi connectivity index (χ0) is 22.2. The monoisotopic (exact) mass is 532 g/mol. The SMILES string of the molecule is O=C(Cc1ccc(F)cc1)N/N=C/c1ccc(OCc2ccc(C(=O)O)cc2)c(I)c1. The van der Waals surface area contributed by atoms with Crippen molar-refractivity contribution >= 4 is 40.7 Å². The molecule has 158 valence electrons. The average Bonchev–Trinajstić information content (AvgIpc) is 2.75. The third kappa shape index (κ3) is 6.88. The fraction of sp³-hybridized carbons (Fsp3) is 0.0870. The van der Waals surface area contributed by atoms with Gasteiger partial charge in [0.1, 0.15) is 18.2 Å². The summed E-state index contributed by atoms with van der Waals surface area (Å²) in [5, 5.41) is 12.9. The predicted octanol–water partition coefficient (Wildman–Crippen LogP) is 4.40. The first kappa shape index (κ1) is 22.4. The molecule has 0 aliphatic rings. The van der Waals surface area contributed by atoms with Crippen molar-refractivity contribution < 1.29 is 23.8 Å². The van der Waals surface area contributed by atoms with Crippen molar-refractivity contribution in [3.8, 4) is 5.75 Å². The van der Waals surface area contributed by atoms with Crippen molar-refractivity contribution in [1.82, 2.24) is 5.43 Å². The van der Waals surface area contributed by atoms with Crippen LogP contribution in [0.4, 0.5) is 4.39 Å². The third-order valence-corrected chi connectivity index (χ3v) is 5.07. The lowest BCUT2D eigenvalue weighted by Gasteiger charge is -2.09. The van der Waals surface area contributed by atoms with Crippen LogP contribution in [0.5, 0.6) is 5.75 Å². The molecule has 2 N–H and O–H groups in total. The number of carboxylic acid groups (broad SMARTS) is 1. The molecule has 0 radical (unpaired) electrons. The molecule has 0 saturated heterocycles. The van der Waals surface area contributed by atoms with E-state index in [0.29, 0.717) is 17.9 Å². The maximum absolute atomic E-state index is 12.9. The number of hydrazone groups is 1. The largest absolute Gasteiger partial charge is 0.488 e. The van der Waals surface area contributed by atoms with E-state index in [1.54, 1.807) is 36.4 Å². The van der Waals surface area contributed by atoms with Crippen molar-refractivity contribution in [1.29, 1.82) is 0 Å². The molecule has 0 aliphatic heterocycles. The molecular weight excluding hydrogens is 514 g/mol. The first-order chi connectivity index (χ1) is 14.9. The fourth-order valence-corrected chi connectivity index (χ4v) is 3.32. The molecule has 0 heterocycles. The van der Waals surface area contributed by atoms with Crippen LogP contribution in [0.1, 0.15) is 27.0 Å². The molecule has 0 atom stereocenters. The van der Waals surface area contributed by atoms with Crippen LogP contribution in [0.25, 0.3) is 0 Å². The molecule has 0 aromatic heterocycles. The lowest BCUT2D eigenvalue weighted by molar-refractivity contribution is -0.120. The highest BCUT2D eigenvalue weighted by Crippen LogP contribution is 2.22. The topological polar surface area (TPSA) is 88.0 Å². The number of benzene rings is 3. The summed E-state index contributed by atoms with van der Waals surface area (Å²) in [5.41, 5.74) is 5.01. The van der Waals surface area contributed by atoms with Gasteiger partial charge in [-0.1, -0.05) is 24.3 Å². The van der Waals surface area contributed by atoms with Gasteiger partial charge in [-0.25, -0.2) is 14.6 Å². The van der Waals surface area contributed by atoms with Gasteiger partial charge in [0.25, 0.3) is 0 Å². The van der Waals surface area contributed by atoms with Gasteiger partial charge in [0.2, 0.25) is 5.91 Å². The minimum atomic E-state index is -0.967. The molecule has 0 fully saturated rings. The Balaban J connectivity index is 1.51. The first-order valence-electron chi connectivity index (χ1n) is 9.21. The Morgan fingerprint density at radius 1 is 1.03 bits per heavy atom. The van der Waals surface area contributed by atoms with Crippen molar-refractivity contribution in [2.75, 3.05) is 0 Å². The van der Waals surface area contributed by atoms with Crippen LogP contribution in [0.2, 0.25) is 0 Å². The molecule has 0 aliphatic carbocycles. The molecule has 3 rings (SSSR count). The predicted molar refractivity (Wildman–Crippen MR) is 123 cm³/mol. The van der Waals surface area contributed by atoms with Gasteiger partial charge >= 0.3 is 5.97 Å². The number of carboxylic acids is 1. The Hall–Kier alpha value is -3.27. The maximum atomic E-state index is 12.9. The standard InChI is InChI=1S/C23H18FIN2O4/c24-19-8-3-15(4-9-19)12-22(28)27-26-13-17-5-10-21(20(25)11-17)31-14-16-1-6-18(7-2-16)23(29)30/h1-11,13H,12,14H2,(H,27,28)(H,29,30)/b26-13+. The van der Waals surface area contributed by atoms with Crippen LogP contribution < -0.4 is 10.2 Å². The number of ether oxygens (including phenoxy) is 1. The summed E-state index contributed by atoms with van der Waals surface area (Å²) in [6.45, 7) is 0.308. The summed E-state index contributed by atoms with van der Waals surface area (Å²) in [4.78, 5) is 22.8. The lowest BCUT2D eigenvalue weighted by atomic mass is 10.1. The molecule has 31 heavy (non-hydrogen) atoms. The van der Waals surface area contributed by atoms with Gasteiger partial charge in [0.15, 0.2) is 0 Å². The van der Waals surface area contributed by atoms with Gasteiger partial charge < -0.3 is 9.84 Å². The van der Waals surface area contributed by atoms with E-state index in [9.17, 15) is 14.0 Å². The number of nitrogens with one attached hydrogen (secondary N) is 1. The van der Waals surface area contributed by atoms with Crippen LogP contribution in [-0.2, 0) is 17.8 Å². The normalized spacial score (nSPS) is 10.8. The minimum Gasteiger partial charge on any atom is -0.488 e. The quantitative estimate of drug-likeness (QED) is 0.256. The Kier molecular flexibility index (Phi) is 7.71. The molecule has 0 spiro atoms. The van der Waals surface area contributed by atoms with Gasteiger partial charge in [-0.3, -0.25) is 4.79 Å². The lowest BCUT2D eigenvalue weighted by Crippen LogP contribution is -2.19. The Morgan fingerprint density at radius 3 is 2.35 bits per heavy atom. The van der Waals surface area contributed by atoms with E-state index in [-0.39, 0.29) is 23.7 Å². The first-order valence-corrected chi connectivity index (χ1v) is 10.3. The van der Waals surface area contributed by atoms with Gasteiger partial charge in [-0.05, 0) is 81.7 Å². The number of carbonyl (C=O) groups is 2. The third-order valence-electron chi connectivity index (χ3n) is 4.23. The van der Waals surface area contributed by atoms with E-state index in [0.717, 1.165) is 14.7 Å². The number of halogens is 2. The zero-order valence-corrected chi connectivity index (χ0v) is 18.4. The van der Waals surface area contributed by atoms with Gasteiger partial charge in [-0.2, -0.15) is 5.10 Å². The number of aromatic carboxylic acids is 1. The Bertz CT molecular complexity index is 1100. The second-order valence-electron chi connectivity index (χ2n) is 6.58. The number of amides is 1. The summed E-state index contributed by atoms with van der Waals surface area (Å²) in [6, 6.07) is 17.7. The second-order valence-corrected chi connectivity index (χ2v) is 7.74. The van der Waals surface area contributed by atoms with Crippen molar-refractivity contribution in [3.63, 3.8) is 0 Å². The summed E-state index contributed by atoms with van der Waals surface area (Å²) >= 11 is 2.14. The molecule has 3 aromatic rings. The second kappa shape index (κ2) is 10.7. The van der Waals surface area contributed by atoms with E-state index in [1.165, 1.54) is 30.5 Å². The number of hydrogen-bond acceptors (Lipinski definition) is 4. The highest BCUT2D eigenvalue weighted by atomic mass is 127. The molecule has 0 saturated carbocycles. The molecule has 0 unspecified atom stereocenters. The summed E-state index contributed by atoms with van der Waals surface area (Å²) in [7, 11) is 0. The summed E-state index contributed by atoms with van der Waals surface area (Å²) in [5.74, 6) is -0.932. The van der Waals surface area contributed by atoms with Crippen LogP contribution in [0, 0.1) is 9.39 Å². The molecule has 1 amide bonds. The zero-order valence-electron chi connectivity index (χ0n) is 16.2. The van der Waals surface area contributed by atoms with E-state index in [4.69, 9.17) is 9.84 Å². The van der Waals surface area contributed by atoms with E-state index < -0.39 is 5.97 Å². The van der Waals surface area contributed by atoms with Gasteiger partial charge in [0.05, 0.1) is 21.8 Å². The van der Waals surface area contributed by atoms with Crippen LogP contribution in [0.15, 0.2) is 71.8 Å². The Labute approximate surface area is 191 Å². The van der Waals surface area contributed by atoms with E-state index in [2.05, 4.69) is 33.1 Å². The summed E-state index contributed by atoms with van der Waals surface area (Å²) in [6.07, 6.45) is 1.63. The van der Waals surface area contributed by atoms with Crippen molar-refractivity contribution in [3.05, 3.63) is 98.4 Å². The van der Waals surface area contributed by atoms with E-state index >= 15 is 0 Å².